The Bertz CT molecular complexity index is 861. The molecule has 0 radical (unpaired) electrons. The molecule has 0 atom stereocenters. The summed E-state index contributed by atoms with van der Waals surface area (Å²) >= 11 is 1.66. The van der Waals surface area contributed by atoms with Crippen LogP contribution in [-0.4, -0.2) is 15.2 Å². The highest BCUT2D eigenvalue weighted by molar-refractivity contribution is 7.18. The molecule has 0 aliphatic rings. The van der Waals surface area contributed by atoms with Crippen LogP contribution in [0.4, 0.5) is 0 Å². The van der Waals surface area contributed by atoms with Crippen LogP contribution in [0.15, 0.2) is 60.8 Å². The van der Waals surface area contributed by atoms with Crippen molar-refractivity contribution in [2.24, 2.45) is 0 Å². The first-order valence-corrected chi connectivity index (χ1v) is 7.18. The van der Waals surface area contributed by atoms with Crippen LogP contribution in [0.5, 0.6) is 0 Å². The van der Waals surface area contributed by atoms with Crippen molar-refractivity contribution in [1.82, 2.24) is 15.2 Å². The molecular weight excluding hydrogens is 266 g/mol. The normalized spacial score (nSPS) is 11.0. The van der Waals surface area contributed by atoms with E-state index in [1.807, 2.05) is 42.6 Å². The van der Waals surface area contributed by atoms with E-state index in [4.69, 9.17) is 0 Å². The number of H-pyrrole nitrogens is 1. The van der Waals surface area contributed by atoms with Gasteiger partial charge in [-0.15, -0.1) is 11.3 Å². The monoisotopic (exact) mass is 277 g/mol. The van der Waals surface area contributed by atoms with Gasteiger partial charge < -0.3 is 0 Å². The Morgan fingerprint density at radius 2 is 1.70 bits per heavy atom. The van der Waals surface area contributed by atoms with Crippen molar-refractivity contribution in [2.75, 3.05) is 0 Å². The molecule has 2 heterocycles. The van der Waals surface area contributed by atoms with Crippen LogP contribution in [0.2, 0.25) is 0 Å². The Morgan fingerprint density at radius 3 is 2.60 bits per heavy atom. The van der Waals surface area contributed by atoms with Crippen LogP contribution in [0.3, 0.4) is 0 Å². The lowest BCUT2D eigenvalue weighted by atomic mass is 10.2. The van der Waals surface area contributed by atoms with E-state index in [0.29, 0.717) is 0 Å². The minimum Gasteiger partial charge on any atom is -0.277 e. The minimum absolute atomic E-state index is 0.924. The molecule has 20 heavy (non-hydrogen) atoms. The number of aromatic nitrogens is 3. The maximum absolute atomic E-state index is 4.52. The molecule has 0 unspecified atom stereocenters. The average molecular weight is 277 g/mol. The highest BCUT2D eigenvalue weighted by Crippen LogP contribution is 2.33. The first-order chi connectivity index (χ1) is 9.92. The lowest BCUT2D eigenvalue weighted by Gasteiger charge is -1.94. The van der Waals surface area contributed by atoms with E-state index < -0.39 is 0 Å². The Kier molecular flexibility index (Phi) is 2.60. The van der Waals surface area contributed by atoms with Gasteiger partial charge in [0.2, 0.25) is 0 Å². The summed E-state index contributed by atoms with van der Waals surface area (Å²) in [7, 11) is 0. The first kappa shape index (κ1) is 11.4. The molecule has 4 aromatic rings. The van der Waals surface area contributed by atoms with Gasteiger partial charge in [0.05, 0.1) is 10.4 Å². The second-order valence-electron chi connectivity index (χ2n) is 4.51. The highest BCUT2D eigenvalue weighted by Gasteiger charge is 2.12. The number of thiazole rings is 1. The topological polar surface area (TPSA) is 41.6 Å². The number of nitrogens with one attached hydrogen (secondary N) is 1. The smallest absolute Gasteiger partial charge is 0.144 e. The zero-order valence-electron chi connectivity index (χ0n) is 10.6. The third-order valence-electron chi connectivity index (χ3n) is 3.24. The van der Waals surface area contributed by atoms with E-state index in [2.05, 4.69) is 33.4 Å². The number of hydrogen-bond donors (Lipinski definition) is 1. The Balaban J connectivity index is 1.82. The lowest BCUT2D eigenvalue weighted by molar-refractivity contribution is 1.12. The maximum Gasteiger partial charge on any atom is 0.144 e. The number of aromatic amines is 1. The van der Waals surface area contributed by atoms with Crippen LogP contribution in [0.25, 0.3) is 32.0 Å². The largest absolute Gasteiger partial charge is 0.277 e. The van der Waals surface area contributed by atoms with Gasteiger partial charge in [0.25, 0.3) is 0 Å². The summed E-state index contributed by atoms with van der Waals surface area (Å²) in [6.45, 7) is 0. The number of rotatable bonds is 2. The molecular formula is C16H11N3S. The second kappa shape index (κ2) is 4.58. The van der Waals surface area contributed by atoms with Gasteiger partial charge >= 0.3 is 0 Å². The summed E-state index contributed by atoms with van der Waals surface area (Å²) in [4.78, 5) is 5.68. The molecule has 0 fully saturated rings. The molecule has 0 amide bonds. The number of para-hydroxylation sites is 1. The summed E-state index contributed by atoms with van der Waals surface area (Å²) in [6, 6.07) is 18.4. The van der Waals surface area contributed by atoms with Gasteiger partial charge in [-0.25, -0.2) is 4.98 Å². The molecule has 3 nitrogen and oxygen atoms in total. The summed E-state index contributed by atoms with van der Waals surface area (Å²) in [5.41, 5.74) is 3.16. The van der Waals surface area contributed by atoms with Gasteiger partial charge in [0, 0.05) is 11.6 Å². The van der Waals surface area contributed by atoms with Crippen molar-refractivity contribution in [3.05, 3.63) is 60.8 Å². The molecule has 2 aromatic heterocycles. The Hall–Kier alpha value is -2.46. The van der Waals surface area contributed by atoms with E-state index in [1.54, 1.807) is 11.3 Å². The summed E-state index contributed by atoms with van der Waals surface area (Å²) < 4.78 is 0. The molecule has 0 saturated carbocycles. The molecule has 0 saturated heterocycles. The predicted molar refractivity (Wildman–Crippen MR) is 82.6 cm³/mol. The van der Waals surface area contributed by atoms with E-state index in [0.717, 1.165) is 26.5 Å². The van der Waals surface area contributed by atoms with Crippen molar-refractivity contribution in [3.8, 4) is 21.1 Å². The number of fused-ring (bicyclic) bond motifs is 1. The Labute approximate surface area is 119 Å². The fraction of sp³-hybridized carbons (Fsp3) is 0. The van der Waals surface area contributed by atoms with Gasteiger partial charge in [-0.2, -0.15) is 5.10 Å². The van der Waals surface area contributed by atoms with E-state index in [9.17, 15) is 0 Å². The molecule has 96 valence electrons. The van der Waals surface area contributed by atoms with E-state index >= 15 is 0 Å². The van der Waals surface area contributed by atoms with Crippen LogP contribution in [0, 0.1) is 0 Å². The average Bonchev–Trinajstić information content (AvgIpc) is 3.14. The van der Waals surface area contributed by atoms with Crippen molar-refractivity contribution in [1.29, 1.82) is 0 Å². The van der Waals surface area contributed by atoms with E-state index in [-0.39, 0.29) is 0 Å². The minimum atomic E-state index is 0.924. The third kappa shape index (κ3) is 1.82. The van der Waals surface area contributed by atoms with Gasteiger partial charge in [0.15, 0.2) is 0 Å². The van der Waals surface area contributed by atoms with Crippen molar-refractivity contribution >= 4 is 22.2 Å². The third-order valence-corrected chi connectivity index (χ3v) is 4.29. The Morgan fingerprint density at radius 1 is 0.900 bits per heavy atom. The predicted octanol–water partition coefficient (Wildman–Crippen LogP) is 4.35. The number of hydrogen-bond acceptors (Lipinski definition) is 3. The molecule has 4 rings (SSSR count). The molecule has 0 aliphatic carbocycles. The number of nitrogens with zero attached hydrogens (tertiary/aromatic N) is 2. The summed E-state index contributed by atoms with van der Waals surface area (Å²) in [5.74, 6) is 0. The highest BCUT2D eigenvalue weighted by atomic mass is 32.1. The van der Waals surface area contributed by atoms with Crippen molar-refractivity contribution in [3.63, 3.8) is 0 Å². The maximum atomic E-state index is 4.52. The molecule has 2 aromatic carbocycles. The summed E-state index contributed by atoms with van der Waals surface area (Å²) in [6.07, 6.45) is 1.92. The van der Waals surface area contributed by atoms with Crippen LogP contribution >= 0.6 is 11.3 Å². The van der Waals surface area contributed by atoms with Crippen LogP contribution in [0.1, 0.15) is 0 Å². The van der Waals surface area contributed by atoms with Gasteiger partial charge in [0.1, 0.15) is 10.7 Å². The van der Waals surface area contributed by atoms with Crippen molar-refractivity contribution in [2.45, 2.75) is 0 Å². The van der Waals surface area contributed by atoms with Crippen LogP contribution < -0.4 is 0 Å². The zero-order chi connectivity index (χ0) is 13.4. The van der Waals surface area contributed by atoms with Gasteiger partial charge in [-0.3, -0.25) is 5.10 Å². The van der Waals surface area contributed by atoms with Gasteiger partial charge in [-0.1, -0.05) is 48.5 Å². The zero-order valence-corrected chi connectivity index (χ0v) is 11.4. The second-order valence-corrected chi connectivity index (χ2v) is 5.54. The summed E-state index contributed by atoms with van der Waals surface area (Å²) in [5, 5.41) is 9.51. The quantitative estimate of drug-likeness (QED) is 0.591. The van der Waals surface area contributed by atoms with E-state index in [1.165, 1.54) is 5.56 Å². The molecule has 0 bridgehead atoms. The lowest BCUT2D eigenvalue weighted by Crippen LogP contribution is -1.75. The standard InChI is InChI=1S/C16H11N3S/c1-2-6-11(7-3-1)14-10-17-16(20-14)15-12-8-4-5-9-13(12)18-19-15/h1-10H,(H,18,19). The molecule has 0 aliphatic heterocycles. The molecule has 1 N–H and O–H groups in total. The van der Waals surface area contributed by atoms with Gasteiger partial charge in [-0.05, 0) is 11.6 Å². The fourth-order valence-corrected chi connectivity index (χ4v) is 3.17. The first-order valence-electron chi connectivity index (χ1n) is 6.36. The van der Waals surface area contributed by atoms with Crippen molar-refractivity contribution < 1.29 is 0 Å². The molecule has 0 spiro atoms. The molecule has 4 heteroatoms. The SMILES string of the molecule is c1ccc(-c2cnc(-c3n[nH]c4ccccc34)s2)cc1. The van der Waals surface area contributed by atoms with Crippen LogP contribution in [-0.2, 0) is 0 Å². The number of benzene rings is 2. The fourth-order valence-electron chi connectivity index (χ4n) is 2.25.